The molecule has 82 valence electrons. The molecule has 0 fully saturated rings. The van der Waals surface area contributed by atoms with Crippen LogP contribution in [0.3, 0.4) is 0 Å². The van der Waals surface area contributed by atoms with Crippen LogP contribution in [0.25, 0.3) is 0 Å². The number of hydrogen-bond donors (Lipinski definition) is 0. The van der Waals surface area contributed by atoms with Crippen molar-refractivity contribution in [1.82, 2.24) is 0 Å². The van der Waals surface area contributed by atoms with Crippen LogP contribution < -0.4 is 0 Å². The summed E-state index contributed by atoms with van der Waals surface area (Å²) in [5.74, 6) is 0.729. The summed E-state index contributed by atoms with van der Waals surface area (Å²) in [4.78, 5) is 11.9. The van der Waals surface area contributed by atoms with Crippen LogP contribution in [0.4, 0.5) is 0 Å². The third-order valence-corrected chi connectivity index (χ3v) is 2.79. The van der Waals surface area contributed by atoms with E-state index in [1.165, 1.54) is 5.56 Å². The van der Waals surface area contributed by atoms with Crippen molar-refractivity contribution in [2.24, 2.45) is 11.8 Å². The van der Waals surface area contributed by atoms with Crippen molar-refractivity contribution in [2.75, 3.05) is 0 Å². The monoisotopic (exact) mass is 204 g/mol. The van der Waals surface area contributed by atoms with Crippen molar-refractivity contribution in [2.45, 2.75) is 33.6 Å². The maximum atomic E-state index is 11.9. The molecule has 0 amide bonds. The highest BCUT2D eigenvalue weighted by Gasteiger charge is 2.19. The molecule has 0 saturated carbocycles. The molecule has 0 heterocycles. The van der Waals surface area contributed by atoms with Gasteiger partial charge in [-0.15, -0.1) is 0 Å². The molecule has 1 aromatic carbocycles. The van der Waals surface area contributed by atoms with E-state index in [1.54, 1.807) is 0 Å². The molecule has 0 saturated heterocycles. The van der Waals surface area contributed by atoms with Crippen LogP contribution in [0.15, 0.2) is 30.3 Å². The third-order valence-electron chi connectivity index (χ3n) is 2.79. The molecule has 1 heteroatoms. The fourth-order valence-electron chi connectivity index (χ4n) is 1.82. The summed E-state index contributed by atoms with van der Waals surface area (Å²) < 4.78 is 0. The van der Waals surface area contributed by atoms with E-state index in [9.17, 15) is 4.79 Å². The van der Waals surface area contributed by atoms with Gasteiger partial charge < -0.3 is 0 Å². The van der Waals surface area contributed by atoms with Crippen molar-refractivity contribution in [3.8, 4) is 0 Å². The Morgan fingerprint density at radius 1 is 1.20 bits per heavy atom. The molecule has 0 bridgehead atoms. The zero-order valence-electron chi connectivity index (χ0n) is 9.86. The molecule has 1 aromatic rings. The van der Waals surface area contributed by atoms with Crippen LogP contribution in [-0.4, -0.2) is 5.78 Å². The standard InChI is InChI=1S/C14H20O/c1-4-13(14(15)11(2)3)10-12-8-6-5-7-9-12/h5-9,11,13H,4,10H2,1-3H3. The van der Waals surface area contributed by atoms with Gasteiger partial charge in [0, 0.05) is 11.8 Å². The normalized spacial score (nSPS) is 12.8. The Balaban J connectivity index is 2.66. The van der Waals surface area contributed by atoms with Gasteiger partial charge in [-0.3, -0.25) is 4.79 Å². The summed E-state index contributed by atoms with van der Waals surface area (Å²) in [5, 5.41) is 0. The van der Waals surface area contributed by atoms with Gasteiger partial charge >= 0.3 is 0 Å². The van der Waals surface area contributed by atoms with Crippen molar-refractivity contribution >= 4 is 5.78 Å². The highest BCUT2D eigenvalue weighted by Crippen LogP contribution is 2.16. The number of hydrogen-bond acceptors (Lipinski definition) is 1. The first-order chi connectivity index (χ1) is 7.15. The second kappa shape index (κ2) is 5.69. The van der Waals surface area contributed by atoms with E-state index in [2.05, 4.69) is 19.1 Å². The summed E-state index contributed by atoms with van der Waals surface area (Å²) in [7, 11) is 0. The average Bonchev–Trinajstić information content (AvgIpc) is 2.26. The Labute approximate surface area is 92.5 Å². The SMILES string of the molecule is CCC(Cc1ccccc1)C(=O)C(C)C. The highest BCUT2D eigenvalue weighted by atomic mass is 16.1. The molecule has 0 N–H and O–H groups in total. The van der Waals surface area contributed by atoms with Crippen LogP contribution in [0.5, 0.6) is 0 Å². The summed E-state index contributed by atoms with van der Waals surface area (Å²) in [6, 6.07) is 10.3. The lowest BCUT2D eigenvalue weighted by molar-refractivity contribution is -0.125. The number of ketones is 1. The summed E-state index contributed by atoms with van der Waals surface area (Å²) in [6.07, 6.45) is 1.82. The topological polar surface area (TPSA) is 17.1 Å². The van der Waals surface area contributed by atoms with Crippen LogP contribution >= 0.6 is 0 Å². The lowest BCUT2D eigenvalue weighted by Crippen LogP contribution is -2.21. The van der Waals surface area contributed by atoms with E-state index in [1.807, 2.05) is 32.0 Å². The van der Waals surface area contributed by atoms with Crippen molar-refractivity contribution in [3.63, 3.8) is 0 Å². The molecular formula is C14H20O. The second-order valence-electron chi connectivity index (χ2n) is 4.35. The number of benzene rings is 1. The second-order valence-corrected chi connectivity index (χ2v) is 4.35. The lowest BCUT2D eigenvalue weighted by atomic mass is 9.88. The molecule has 0 radical (unpaired) electrons. The zero-order valence-corrected chi connectivity index (χ0v) is 9.86. The van der Waals surface area contributed by atoms with Crippen LogP contribution in [-0.2, 0) is 11.2 Å². The van der Waals surface area contributed by atoms with Gasteiger partial charge in [-0.25, -0.2) is 0 Å². The van der Waals surface area contributed by atoms with Gasteiger partial charge in [0.1, 0.15) is 5.78 Å². The quantitative estimate of drug-likeness (QED) is 0.717. The minimum absolute atomic E-state index is 0.152. The van der Waals surface area contributed by atoms with Gasteiger partial charge in [0.2, 0.25) is 0 Å². The van der Waals surface area contributed by atoms with Crippen LogP contribution in [0.1, 0.15) is 32.8 Å². The van der Waals surface area contributed by atoms with Crippen LogP contribution in [0, 0.1) is 11.8 Å². The fourth-order valence-corrected chi connectivity index (χ4v) is 1.82. The first-order valence-corrected chi connectivity index (χ1v) is 5.72. The first kappa shape index (κ1) is 12.0. The first-order valence-electron chi connectivity index (χ1n) is 5.72. The van der Waals surface area contributed by atoms with Gasteiger partial charge in [-0.1, -0.05) is 51.1 Å². The van der Waals surface area contributed by atoms with Gasteiger partial charge in [0.15, 0.2) is 0 Å². The molecular weight excluding hydrogens is 184 g/mol. The van der Waals surface area contributed by atoms with E-state index < -0.39 is 0 Å². The van der Waals surface area contributed by atoms with Gasteiger partial charge in [-0.05, 0) is 18.4 Å². The molecule has 1 rings (SSSR count). The molecule has 1 atom stereocenters. The van der Waals surface area contributed by atoms with E-state index in [4.69, 9.17) is 0 Å². The molecule has 0 spiro atoms. The Morgan fingerprint density at radius 2 is 1.80 bits per heavy atom. The molecule has 1 nitrogen and oxygen atoms in total. The Bertz CT molecular complexity index is 300. The largest absolute Gasteiger partial charge is 0.299 e. The van der Waals surface area contributed by atoms with E-state index in [0.717, 1.165) is 12.8 Å². The zero-order chi connectivity index (χ0) is 11.3. The predicted octanol–water partition coefficient (Wildman–Crippen LogP) is 3.48. The maximum absolute atomic E-state index is 11.9. The maximum Gasteiger partial charge on any atom is 0.138 e. The van der Waals surface area contributed by atoms with E-state index in [-0.39, 0.29) is 11.8 Å². The smallest absolute Gasteiger partial charge is 0.138 e. The lowest BCUT2D eigenvalue weighted by Gasteiger charge is -2.15. The fraction of sp³-hybridized carbons (Fsp3) is 0.500. The molecule has 0 aliphatic heterocycles. The van der Waals surface area contributed by atoms with Gasteiger partial charge in [-0.2, -0.15) is 0 Å². The summed E-state index contributed by atoms with van der Waals surface area (Å²) in [6.45, 7) is 6.06. The number of Topliss-reactive ketones (excluding diaryl/α,β-unsaturated/α-hetero) is 1. The molecule has 0 aliphatic carbocycles. The van der Waals surface area contributed by atoms with Crippen molar-refractivity contribution in [3.05, 3.63) is 35.9 Å². The molecule has 15 heavy (non-hydrogen) atoms. The third kappa shape index (κ3) is 3.50. The van der Waals surface area contributed by atoms with E-state index >= 15 is 0 Å². The minimum Gasteiger partial charge on any atom is -0.299 e. The van der Waals surface area contributed by atoms with Crippen molar-refractivity contribution < 1.29 is 4.79 Å². The number of rotatable bonds is 5. The van der Waals surface area contributed by atoms with Crippen molar-refractivity contribution in [1.29, 1.82) is 0 Å². The van der Waals surface area contributed by atoms with Gasteiger partial charge in [0.05, 0.1) is 0 Å². The van der Waals surface area contributed by atoms with E-state index in [0.29, 0.717) is 5.78 Å². The molecule has 0 aliphatic rings. The molecule has 0 aromatic heterocycles. The molecule has 1 unspecified atom stereocenters. The van der Waals surface area contributed by atoms with Crippen LogP contribution in [0.2, 0.25) is 0 Å². The van der Waals surface area contributed by atoms with Gasteiger partial charge in [0.25, 0.3) is 0 Å². The summed E-state index contributed by atoms with van der Waals surface area (Å²) >= 11 is 0. The number of carbonyl (C=O) groups is 1. The predicted molar refractivity (Wildman–Crippen MR) is 63.8 cm³/mol. The minimum atomic E-state index is 0.152. The highest BCUT2D eigenvalue weighted by molar-refractivity contribution is 5.83. The Kier molecular flexibility index (Phi) is 4.54. The number of carbonyl (C=O) groups excluding carboxylic acids is 1. The Hall–Kier alpha value is -1.11. The summed E-state index contributed by atoms with van der Waals surface area (Å²) in [5.41, 5.74) is 1.26. The Morgan fingerprint density at radius 3 is 2.27 bits per heavy atom. The average molecular weight is 204 g/mol.